The van der Waals surface area contributed by atoms with Crippen LogP contribution in [0.25, 0.3) is 10.8 Å². The third-order valence-corrected chi connectivity index (χ3v) is 3.92. The highest BCUT2D eigenvalue weighted by molar-refractivity contribution is 6.21. The zero-order valence-corrected chi connectivity index (χ0v) is 11.4. The standard InChI is InChI=1S/C19H13NO/c21-19(14-6-2-1-3-7-14)20-17-12-15-10-4-8-13-9-5-11-16(17)18(13)15/h1-11H,12H2. The van der Waals surface area contributed by atoms with Crippen LogP contribution in [0.4, 0.5) is 0 Å². The van der Waals surface area contributed by atoms with Crippen molar-refractivity contribution in [1.82, 2.24) is 0 Å². The van der Waals surface area contributed by atoms with Crippen molar-refractivity contribution in [3.8, 4) is 0 Å². The Hall–Kier alpha value is -2.74. The number of hydrogen-bond acceptors (Lipinski definition) is 1. The molecule has 0 unspecified atom stereocenters. The number of carbonyl (C=O) groups is 1. The Kier molecular flexibility index (Phi) is 2.68. The van der Waals surface area contributed by atoms with Gasteiger partial charge in [-0.25, -0.2) is 4.99 Å². The van der Waals surface area contributed by atoms with E-state index < -0.39 is 0 Å². The molecule has 1 amide bonds. The summed E-state index contributed by atoms with van der Waals surface area (Å²) in [5, 5.41) is 2.45. The smallest absolute Gasteiger partial charge is 0.267 e. The molecule has 2 heteroatoms. The molecule has 0 radical (unpaired) electrons. The maximum Gasteiger partial charge on any atom is 0.277 e. The summed E-state index contributed by atoms with van der Waals surface area (Å²) in [6, 6.07) is 21.7. The number of benzene rings is 3. The van der Waals surface area contributed by atoms with Gasteiger partial charge in [0.05, 0.1) is 5.71 Å². The van der Waals surface area contributed by atoms with E-state index in [1.807, 2.05) is 24.3 Å². The second-order valence-corrected chi connectivity index (χ2v) is 5.23. The minimum atomic E-state index is -0.171. The lowest BCUT2D eigenvalue weighted by Crippen LogP contribution is -2.04. The Morgan fingerprint density at radius 1 is 0.857 bits per heavy atom. The van der Waals surface area contributed by atoms with Gasteiger partial charge in [-0.05, 0) is 28.5 Å². The number of hydrogen-bond donors (Lipinski definition) is 0. The molecule has 1 aliphatic rings. The molecule has 0 saturated heterocycles. The summed E-state index contributed by atoms with van der Waals surface area (Å²) in [5.41, 5.74) is 3.85. The molecule has 0 saturated carbocycles. The number of nitrogens with zero attached hydrogens (tertiary/aromatic N) is 1. The van der Waals surface area contributed by atoms with Gasteiger partial charge in [0.15, 0.2) is 0 Å². The van der Waals surface area contributed by atoms with Gasteiger partial charge in [-0.3, -0.25) is 4.79 Å². The highest BCUT2D eigenvalue weighted by Gasteiger charge is 2.20. The van der Waals surface area contributed by atoms with Gasteiger partial charge >= 0.3 is 0 Å². The molecule has 2 nitrogen and oxygen atoms in total. The fraction of sp³-hybridized carbons (Fsp3) is 0.0526. The van der Waals surface area contributed by atoms with E-state index in [4.69, 9.17) is 0 Å². The molecule has 3 aromatic rings. The molecule has 0 fully saturated rings. The quantitative estimate of drug-likeness (QED) is 0.657. The van der Waals surface area contributed by atoms with Crippen molar-refractivity contribution < 1.29 is 4.79 Å². The van der Waals surface area contributed by atoms with Gasteiger partial charge in [0.1, 0.15) is 0 Å². The van der Waals surface area contributed by atoms with Crippen molar-refractivity contribution in [3.63, 3.8) is 0 Å². The van der Waals surface area contributed by atoms with Crippen LogP contribution < -0.4 is 0 Å². The fourth-order valence-electron chi connectivity index (χ4n) is 2.95. The van der Waals surface area contributed by atoms with Crippen LogP contribution in [0.5, 0.6) is 0 Å². The van der Waals surface area contributed by atoms with Gasteiger partial charge in [-0.15, -0.1) is 0 Å². The third kappa shape index (κ3) is 1.96. The Labute approximate surface area is 122 Å². The first-order chi connectivity index (χ1) is 10.3. The van der Waals surface area contributed by atoms with Crippen LogP contribution in [-0.2, 0) is 6.42 Å². The molecule has 1 aliphatic carbocycles. The molecule has 0 spiro atoms. The van der Waals surface area contributed by atoms with Gasteiger partial charge in [0.25, 0.3) is 5.91 Å². The molecular formula is C19H13NO. The molecule has 21 heavy (non-hydrogen) atoms. The first kappa shape index (κ1) is 12.0. The topological polar surface area (TPSA) is 29.4 Å². The molecule has 0 heterocycles. The second kappa shape index (κ2) is 4.67. The maximum absolute atomic E-state index is 12.3. The summed E-state index contributed by atoms with van der Waals surface area (Å²) in [6.07, 6.45) is 0.731. The van der Waals surface area contributed by atoms with Crippen LogP contribution in [0.1, 0.15) is 21.5 Å². The summed E-state index contributed by atoms with van der Waals surface area (Å²) in [6.45, 7) is 0. The lowest BCUT2D eigenvalue weighted by Gasteiger charge is -2.01. The largest absolute Gasteiger partial charge is 0.277 e. The molecular weight excluding hydrogens is 258 g/mol. The summed E-state index contributed by atoms with van der Waals surface area (Å²) < 4.78 is 0. The molecule has 0 aromatic heterocycles. The van der Waals surface area contributed by atoms with Crippen molar-refractivity contribution >= 4 is 22.4 Å². The highest BCUT2D eigenvalue weighted by atomic mass is 16.1. The Balaban J connectivity index is 1.81. The second-order valence-electron chi connectivity index (χ2n) is 5.23. The van der Waals surface area contributed by atoms with Gasteiger partial charge < -0.3 is 0 Å². The monoisotopic (exact) mass is 271 g/mol. The molecule has 100 valence electrons. The molecule has 0 N–H and O–H groups in total. The van der Waals surface area contributed by atoms with Gasteiger partial charge in [-0.1, -0.05) is 54.6 Å². The third-order valence-electron chi connectivity index (χ3n) is 3.92. The highest BCUT2D eigenvalue weighted by Crippen LogP contribution is 2.31. The summed E-state index contributed by atoms with van der Waals surface area (Å²) >= 11 is 0. The zero-order chi connectivity index (χ0) is 14.2. The van der Waals surface area contributed by atoms with Crippen LogP contribution in [0.2, 0.25) is 0 Å². The maximum atomic E-state index is 12.3. The lowest BCUT2D eigenvalue weighted by atomic mass is 10.1. The molecule has 0 aliphatic heterocycles. The van der Waals surface area contributed by atoms with Crippen LogP contribution in [0.15, 0.2) is 71.7 Å². The van der Waals surface area contributed by atoms with Gasteiger partial charge in [-0.2, -0.15) is 0 Å². The predicted molar refractivity (Wildman–Crippen MR) is 85.0 cm³/mol. The van der Waals surface area contributed by atoms with E-state index in [1.165, 1.54) is 16.3 Å². The Bertz CT molecular complexity index is 873. The van der Waals surface area contributed by atoms with Crippen molar-refractivity contribution in [2.75, 3.05) is 0 Å². The molecule has 0 atom stereocenters. The van der Waals surface area contributed by atoms with Crippen LogP contribution in [-0.4, -0.2) is 11.6 Å². The first-order valence-electron chi connectivity index (χ1n) is 7.01. The van der Waals surface area contributed by atoms with Crippen molar-refractivity contribution in [1.29, 1.82) is 0 Å². The van der Waals surface area contributed by atoms with E-state index in [2.05, 4.69) is 35.3 Å². The summed E-state index contributed by atoms with van der Waals surface area (Å²) in [5.74, 6) is -0.171. The van der Waals surface area contributed by atoms with Gasteiger partial charge in [0, 0.05) is 17.5 Å². The molecule has 0 bridgehead atoms. The number of aliphatic imine (C=N–C) groups is 1. The predicted octanol–water partition coefficient (Wildman–Crippen LogP) is 4.03. The van der Waals surface area contributed by atoms with Crippen LogP contribution in [0.3, 0.4) is 0 Å². The summed E-state index contributed by atoms with van der Waals surface area (Å²) in [7, 11) is 0. The van der Waals surface area contributed by atoms with E-state index in [0.717, 1.165) is 17.7 Å². The normalized spacial score (nSPS) is 14.8. The lowest BCUT2D eigenvalue weighted by molar-refractivity contribution is 0.100. The average Bonchev–Trinajstić information content (AvgIpc) is 2.89. The van der Waals surface area contributed by atoms with Crippen molar-refractivity contribution in [2.24, 2.45) is 4.99 Å². The number of rotatable bonds is 1. The van der Waals surface area contributed by atoms with Crippen LogP contribution >= 0.6 is 0 Å². The minimum Gasteiger partial charge on any atom is -0.267 e. The summed E-state index contributed by atoms with van der Waals surface area (Å²) in [4.78, 5) is 16.6. The van der Waals surface area contributed by atoms with Crippen molar-refractivity contribution in [3.05, 3.63) is 83.4 Å². The van der Waals surface area contributed by atoms with E-state index >= 15 is 0 Å². The van der Waals surface area contributed by atoms with Gasteiger partial charge in [0.2, 0.25) is 0 Å². The van der Waals surface area contributed by atoms with E-state index in [0.29, 0.717) is 5.56 Å². The number of amides is 1. The van der Waals surface area contributed by atoms with E-state index in [1.54, 1.807) is 12.1 Å². The molecule has 3 aromatic carbocycles. The zero-order valence-electron chi connectivity index (χ0n) is 11.4. The average molecular weight is 271 g/mol. The first-order valence-corrected chi connectivity index (χ1v) is 7.01. The van der Waals surface area contributed by atoms with E-state index in [9.17, 15) is 4.79 Å². The van der Waals surface area contributed by atoms with Crippen LogP contribution in [0, 0.1) is 0 Å². The fourth-order valence-corrected chi connectivity index (χ4v) is 2.95. The minimum absolute atomic E-state index is 0.171. The Morgan fingerprint density at radius 2 is 1.62 bits per heavy atom. The number of carbonyl (C=O) groups excluding carboxylic acids is 1. The van der Waals surface area contributed by atoms with E-state index in [-0.39, 0.29) is 5.91 Å². The molecule has 4 rings (SSSR count). The Morgan fingerprint density at radius 3 is 2.43 bits per heavy atom. The van der Waals surface area contributed by atoms with Crippen molar-refractivity contribution in [2.45, 2.75) is 6.42 Å². The SMILES string of the molecule is O=C(N=C1Cc2cccc3cccc1c23)c1ccccc1.